The van der Waals surface area contributed by atoms with Gasteiger partial charge >= 0.3 is 0 Å². The molecular weight excluding hydrogens is 316 g/mol. The third-order valence-corrected chi connectivity index (χ3v) is 4.46. The normalized spacial score (nSPS) is 16.7. The van der Waals surface area contributed by atoms with Crippen molar-refractivity contribution in [1.82, 2.24) is 14.9 Å². The maximum atomic E-state index is 12.5. The molecule has 0 fully saturated rings. The molecule has 3 rings (SSSR count). The summed E-state index contributed by atoms with van der Waals surface area (Å²) in [6, 6.07) is 3.09. The van der Waals surface area contributed by atoms with Crippen LogP contribution in [0.5, 0.6) is 5.75 Å². The number of carbonyl (C=O) groups excluding carboxylic acids is 1. The molecule has 1 aliphatic rings. The van der Waals surface area contributed by atoms with Gasteiger partial charge in [-0.3, -0.25) is 4.79 Å². The van der Waals surface area contributed by atoms with Crippen LogP contribution in [0.25, 0.3) is 0 Å². The highest BCUT2D eigenvalue weighted by atomic mass is 35.5. The third-order valence-electron chi connectivity index (χ3n) is 4.14. The number of fused-ring (bicyclic) bond motifs is 1. The Bertz CT molecular complexity index is 729. The van der Waals surface area contributed by atoms with Gasteiger partial charge in [-0.15, -0.1) is 0 Å². The molecule has 2 aromatic rings. The lowest BCUT2D eigenvalue weighted by atomic mass is 9.99. The van der Waals surface area contributed by atoms with Crippen LogP contribution in [0, 0.1) is 0 Å². The van der Waals surface area contributed by atoms with Crippen LogP contribution < -0.4 is 15.8 Å². The van der Waals surface area contributed by atoms with Gasteiger partial charge in [0.15, 0.2) is 0 Å². The highest BCUT2D eigenvalue weighted by Crippen LogP contribution is 2.29. The Morgan fingerprint density at radius 2 is 2.39 bits per heavy atom. The molecule has 0 saturated heterocycles. The van der Waals surface area contributed by atoms with Crippen molar-refractivity contribution < 1.29 is 9.53 Å². The van der Waals surface area contributed by atoms with Crippen molar-refractivity contribution in [2.75, 3.05) is 19.4 Å². The summed E-state index contributed by atoms with van der Waals surface area (Å²) in [5, 5.41) is 3.29. The van der Waals surface area contributed by atoms with Crippen molar-refractivity contribution in [2.24, 2.45) is 0 Å². The van der Waals surface area contributed by atoms with E-state index in [1.54, 1.807) is 12.3 Å². The van der Waals surface area contributed by atoms with Crippen molar-refractivity contribution >= 4 is 23.2 Å². The minimum Gasteiger partial charge on any atom is -0.496 e. The molecule has 0 bridgehead atoms. The Morgan fingerprint density at radius 1 is 1.57 bits per heavy atom. The number of hydrogen-bond acceptors (Lipinski definition) is 4. The van der Waals surface area contributed by atoms with Crippen molar-refractivity contribution in [2.45, 2.75) is 25.3 Å². The maximum Gasteiger partial charge on any atom is 0.255 e. The smallest absolute Gasteiger partial charge is 0.255 e. The minimum absolute atomic E-state index is 0.220. The van der Waals surface area contributed by atoms with Gasteiger partial charge in [-0.1, -0.05) is 11.6 Å². The second-order valence-corrected chi connectivity index (χ2v) is 6.01. The van der Waals surface area contributed by atoms with Gasteiger partial charge in [0, 0.05) is 37.5 Å². The number of aromatic nitrogens is 2. The highest BCUT2D eigenvalue weighted by Gasteiger charge is 2.23. The first-order valence-corrected chi connectivity index (χ1v) is 7.90. The molecule has 2 heterocycles. The number of hydrogen-bond donors (Lipinski definition) is 2. The standard InChI is InChI=1S/C16H19ClN4O2/c1-23-14-8-13(18)12(17)7-11(14)16(22)20-9-10-3-2-5-21-6-4-19-15(10)21/h4,6-8,10H,2-3,5,9,18H2,1H3,(H,20,22). The van der Waals surface area contributed by atoms with Gasteiger partial charge in [0.1, 0.15) is 11.6 Å². The first kappa shape index (κ1) is 15.7. The topological polar surface area (TPSA) is 82.2 Å². The van der Waals surface area contributed by atoms with Crippen molar-refractivity contribution in [3.05, 3.63) is 40.9 Å². The van der Waals surface area contributed by atoms with Gasteiger partial charge in [-0.25, -0.2) is 4.98 Å². The van der Waals surface area contributed by atoms with Crippen LogP contribution in [-0.2, 0) is 6.54 Å². The largest absolute Gasteiger partial charge is 0.496 e. The monoisotopic (exact) mass is 334 g/mol. The molecule has 1 aliphatic heterocycles. The molecule has 122 valence electrons. The molecule has 1 aromatic carbocycles. The number of anilines is 1. The summed E-state index contributed by atoms with van der Waals surface area (Å²) in [4.78, 5) is 16.9. The Hall–Kier alpha value is -2.21. The maximum absolute atomic E-state index is 12.5. The fourth-order valence-electron chi connectivity index (χ4n) is 2.93. The van der Waals surface area contributed by atoms with E-state index in [2.05, 4.69) is 14.9 Å². The van der Waals surface area contributed by atoms with Crippen LogP contribution in [0.4, 0.5) is 5.69 Å². The quantitative estimate of drug-likeness (QED) is 0.841. The number of benzene rings is 1. The molecule has 1 amide bonds. The predicted octanol–water partition coefficient (Wildman–Crippen LogP) is 2.43. The van der Waals surface area contributed by atoms with E-state index in [9.17, 15) is 4.79 Å². The lowest BCUT2D eigenvalue weighted by molar-refractivity contribution is 0.0946. The number of amides is 1. The lowest BCUT2D eigenvalue weighted by Gasteiger charge is -2.23. The predicted molar refractivity (Wildman–Crippen MR) is 89.0 cm³/mol. The second-order valence-electron chi connectivity index (χ2n) is 5.60. The van der Waals surface area contributed by atoms with Gasteiger partial charge in [0.05, 0.1) is 23.4 Å². The molecule has 0 radical (unpaired) electrons. The Labute approximate surface area is 139 Å². The number of carbonyl (C=O) groups is 1. The summed E-state index contributed by atoms with van der Waals surface area (Å²) in [6.07, 6.45) is 5.88. The fourth-order valence-corrected chi connectivity index (χ4v) is 3.09. The summed E-state index contributed by atoms with van der Waals surface area (Å²) in [6.45, 7) is 1.52. The van der Waals surface area contributed by atoms with Crippen molar-refractivity contribution in [1.29, 1.82) is 0 Å². The first-order chi connectivity index (χ1) is 11.1. The molecule has 0 saturated carbocycles. The third kappa shape index (κ3) is 3.12. The van der Waals surface area contributed by atoms with Gasteiger partial charge < -0.3 is 20.4 Å². The van der Waals surface area contributed by atoms with Crippen LogP contribution in [0.15, 0.2) is 24.5 Å². The van der Waals surface area contributed by atoms with E-state index >= 15 is 0 Å². The molecule has 1 aromatic heterocycles. The van der Waals surface area contributed by atoms with Crippen LogP contribution >= 0.6 is 11.6 Å². The Balaban J connectivity index is 1.73. The van der Waals surface area contributed by atoms with Crippen molar-refractivity contribution in [3.8, 4) is 5.75 Å². The summed E-state index contributed by atoms with van der Waals surface area (Å²) in [5.41, 5.74) is 6.51. The van der Waals surface area contributed by atoms with E-state index in [0.29, 0.717) is 28.6 Å². The number of aryl methyl sites for hydroxylation is 1. The number of halogens is 1. The summed E-state index contributed by atoms with van der Waals surface area (Å²) in [7, 11) is 1.50. The molecule has 23 heavy (non-hydrogen) atoms. The van der Waals surface area contributed by atoms with E-state index in [1.807, 2.05) is 6.20 Å². The van der Waals surface area contributed by atoms with Crippen LogP contribution in [0.3, 0.4) is 0 Å². The zero-order valence-electron chi connectivity index (χ0n) is 12.9. The molecular formula is C16H19ClN4O2. The summed E-state index contributed by atoms with van der Waals surface area (Å²) in [5.74, 6) is 1.43. The summed E-state index contributed by atoms with van der Waals surface area (Å²) < 4.78 is 7.36. The second kappa shape index (κ2) is 6.50. The van der Waals surface area contributed by atoms with E-state index in [0.717, 1.165) is 25.2 Å². The number of ether oxygens (including phenoxy) is 1. The van der Waals surface area contributed by atoms with Crippen molar-refractivity contribution in [3.63, 3.8) is 0 Å². The number of imidazole rings is 1. The van der Waals surface area contributed by atoms with Crippen LogP contribution in [0.1, 0.15) is 34.9 Å². The number of nitrogens with two attached hydrogens (primary N) is 1. The van der Waals surface area contributed by atoms with E-state index in [1.165, 1.54) is 13.2 Å². The minimum atomic E-state index is -0.229. The lowest BCUT2D eigenvalue weighted by Crippen LogP contribution is -2.31. The average Bonchev–Trinajstić information content (AvgIpc) is 3.03. The van der Waals surface area contributed by atoms with Gasteiger partial charge in [0.2, 0.25) is 0 Å². The molecule has 1 atom stereocenters. The van der Waals surface area contributed by atoms with Gasteiger partial charge in [-0.2, -0.15) is 0 Å². The number of methoxy groups -OCH3 is 1. The van der Waals surface area contributed by atoms with Crippen LogP contribution in [0.2, 0.25) is 5.02 Å². The molecule has 7 heteroatoms. The van der Waals surface area contributed by atoms with Gasteiger partial charge in [-0.05, 0) is 18.9 Å². The number of nitrogen functional groups attached to an aromatic ring is 1. The zero-order valence-corrected chi connectivity index (χ0v) is 13.6. The number of rotatable bonds is 4. The molecule has 0 aliphatic carbocycles. The van der Waals surface area contributed by atoms with E-state index in [-0.39, 0.29) is 11.8 Å². The van der Waals surface area contributed by atoms with Crippen LogP contribution in [-0.4, -0.2) is 29.1 Å². The first-order valence-electron chi connectivity index (χ1n) is 7.52. The highest BCUT2D eigenvalue weighted by molar-refractivity contribution is 6.33. The van der Waals surface area contributed by atoms with Gasteiger partial charge in [0.25, 0.3) is 5.91 Å². The molecule has 1 unspecified atom stereocenters. The molecule has 3 N–H and O–H groups in total. The number of nitrogens with zero attached hydrogens (tertiary/aromatic N) is 2. The fraction of sp³-hybridized carbons (Fsp3) is 0.375. The molecule has 0 spiro atoms. The Kier molecular flexibility index (Phi) is 4.43. The number of nitrogens with one attached hydrogen (secondary N) is 1. The van der Waals surface area contributed by atoms with E-state index in [4.69, 9.17) is 22.1 Å². The molecule has 6 nitrogen and oxygen atoms in total. The summed E-state index contributed by atoms with van der Waals surface area (Å²) >= 11 is 6.01. The van der Waals surface area contributed by atoms with E-state index < -0.39 is 0 Å². The average molecular weight is 335 g/mol. The Morgan fingerprint density at radius 3 is 3.17 bits per heavy atom. The zero-order chi connectivity index (χ0) is 16.4. The SMILES string of the molecule is COc1cc(N)c(Cl)cc1C(=O)NCC1CCCn2ccnc21.